The molecule has 0 amide bonds. The van der Waals surface area contributed by atoms with Crippen LogP contribution in [0.4, 0.5) is 0 Å². The molecule has 0 spiro atoms. The van der Waals surface area contributed by atoms with E-state index in [0.717, 1.165) is 22.0 Å². The number of ether oxygens (including phenoxy) is 3. The molecule has 0 saturated carbocycles. The van der Waals surface area contributed by atoms with E-state index in [4.69, 9.17) is 24.2 Å². The fraction of sp³-hybridized carbons (Fsp3) is 0.115. The Balaban J connectivity index is 1.84. The minimum atomic E-state index is -0.419. The molecular weight excluding hydrogens is 418 g/mol. The van der Waals surface area contributed by atoms with Gasteiger partial charge in [-0.25, -0.2) is 14.8 Å². The van der Waals surface area contributed by atoms with Gasteiger partial charge in [0.15, 0.2) is 5.65 Å². The molecule has 7 nitrogen and oxygen atoms in total. The minimum absolute atomic E-state index is 0.419. The molecule has 0 aliphatic heterocycles. The van der Waals surface area contributed by atoms with Crippen molar-refractivity contribution in [2.45, 2.75) is 0 Å². The second-order valence-corrected chi connectivity index (χ2v) is 7.41. The van der Waals surface area contributed by atoms with E-state index in [2.05, 4.69) is 0 Å². The lowest BCUT2D eigenvalue weighted by Gasteiger charge is -2.11. The zero-order valence-electron chi connectivity index (χ0n) is 18.4. The van der Waals surface area contributed by atoms with E-state index in [9.17, 15) is 4.79 Å². The lowest BCUT2D eigenvalue weighted by Crippen LogP contribution is -2.02. The third-order valence-corrected chi connectivity index (χ3v) is 5.52. The highest BCUT2D eigenvalue weighted by Gasteiger charge is 2.18. The van der Waals surface area contributed by atoms with Crippen molar-refractivity contribution in [2.24, 2.45) is 0 Å². The van der Waals surface area contributed by atoms with Gasteiger partial charge < -0.3 is 14.2 Å². The maximum atomic E-state index is 12.0. The predicted octanol–water partition coefficient (Wildman–Crippen LogP) is 5.01. The first-order valence-corrected chi connectivity index (χ1v) is 10.3. The highest BCUT2D eigenvalue weighted by atomic mass is 16.5. The first-order chi connectivity index (χ1) is 16.1. The average Bonchev–Trinajstić information content (AvgIpc) is 3.24. The molecule has 0 aliphatic rings. The van der Waals surface area contributed by atoms with Crippen LogP contribution in [-0.4, -0.2) is 41.7 Å². The topological polar surface area (TPSA) is 75.0 Å². The Morgan fingerprint density at radius 1 is 0.939 bits per heavy atom. The maximum Gasteiger partial charge on any atom is 0.338 e. The molecule has 33 heavy (non-hydrogen) atoms. The van der Waals surface area contributed by atoms with E-state index < -0.39 is 5.97 Å². The number of hydrogen-bond donors (Lipinski definition) is 0. The van der Waals surface area contributed by atoms with Gasteiger partial charge in [-0.1, -0.05) is 36.4 Å². The molecule has 3 aromatic heterocycles. The van der Waals surface area contributed by atoms with Crippen molar-refractivity contribution in [3.8, 4) is 11.5 Å². The molecule has 5 aromatic rings. The summed E-state index contributed by atoms with van der Waals surface area (Å²) < 4.78 is 17.9. The summed E-state index contributed by atoms with van der Waals surface area (Å²) in [5.41, 5.74) is 4.15. The summed E-state index contributed by atoms with van der Waals surface area (Å²) in [4.78, 5) is 21.7. The second kappa shape index (κ2) is 8.27. The van der Waals surface area contributed by atoms with Crippen LogP contribution < -0.4 is 9.47 Å². The highest BCUT2D eigenvalue weighted by molar-refractivity contribution is 6.10. The molecule has 0 unspecified atom stereocenters. The summed E-state index contributed by atoms with van der Waals surface area (Å²) in [6.45, 7) is 0. The van der Waals surface area contributed by atoms with Crippen LogP contribution in [0.25, 0.3) is 39.7 Å². The quantitative estimate of drug-likeness (QED) is 0.359. The Bertz CT molecular complexity index is 1540. The van der Waals surface area contributed by atoms with Gasteiger partial charge in [-0.05, 0) is 29.8 Å². The standard InChI is InChI=1S/C26H21N3O4/c1-31-18-14-19-23(21(15-18)32-2)20(10-9-16-7-5-4-6-8-16)27-25-24(19)28-22-13-17(26(30)33-3)11-12-29(22)25/h4-15H,1-3H3/b10-9+. The number of carbonyl (C=O) groups excluding carboxylic acids is 1. The zero-order chi connectivity index (χ0) is 22.9. The molecule has 7 heteroatoms. The Morgan fingerprint density at radius 2 is 1.76 bits per heavy atom. The normalized spacial score (nSPS) is 11.5. The van der Waals surface area contributed by atoms with Crippen molar-refractivity contribution in [1.29, 1.82) is 0 Å². The maximum absolute atomic E-state index is 12.0. The molecule has 0 aliphatic carbocycles. The Kier molecular flexibility index (Phi) is 5.14. The molecule has 0 bridgehead atoms. The van der Waals surface area contributed by atoms with Crippen LogP contribution in [0, 0.1) is 0 Å². The van der Waals surface area contributed by atoms with Crippen molar-refractivity contribution in [3.05, 3.63) is 77.6 Å². The van der Waals surface area contributed by atoms with Crippen LogP contribution in [0.2, 0.25) is 0 Å². The number of carbonyl (C=O) groups is 1. The number of rotatable bonds is 5. The average molecular weight is 439 g/mol. The summed E-state index contributed by atoms with van der Waals surface area (Å²) >= 11 is 0. The number of imidazole rings is 1. The molecule has 0 atom stereocenters. The van der Waals surface area contributed by atoms with Crippen molar-refractivity contribution >= 4 is 45.7 Å². The van der Waals surface area contributed by atoms with E-state index in [1.54, 1.807) is 32.5 Å². The fourth-order valence-electron chi connectivity index (χ4n) is 3.91. The number of hydrogen-bond acceptors (Lipinski definition) is 6. The lowest BCUT2D eigenvalue weighted by atomic mass is 10.1. The van der Waals surface area contributed by atoms with Gasteiger partial charge in [0.1, 0.15) is 22.7 Å². The third-order valence-electron chi connectivity index (χ3n) is 5.52. The van der Waals surface area contributed by atoms with E-state index in [1.165, 1.54) is 7.11 Å². The second-order valence-electron chi connectivity index (χ2n) is 7.41. The summed E-state index contributed by atoms with van der Waals surface area (Å²) in [5, 5.41) is 1.67. The van der Waals surface area contributed by atoms with Gasteiger partial charge in [-0.15, -0.1) is 0 Å². The summed E-state index contributed by atoms with van der Waals surface area (Å²) in [6.07, 6.45) is 5.75. The molecule has 2 aromatic carbocycles. The third kappa shape index (κ3) is 3.53. The van der Waals surface area contributed by atoms with Gasteiger partial charge in [-0.2, -0.15) is 0 Å². The van der Waals surface area contributed by atoms with Crippen molar-refractivity contribution in [3.63, 3.8) is 0 Å². The SMILES string of the molecule is COC(=O)c1ccn2c(c1)nc1c3cc(OC)cc(OC)c3c(/C=C/c3ccccc3)nc12. The number of nitrogens with zero attached hydrogens (tertiary/aromatic N) is 3. The minimum Gasteiger partial charge on any atom is -0.497 e. The number of methoxy groups -OCH3 is 3. The number of fused-ring (bicyclic) bond motifs is 5. The van der Waals surface area contributed by atoms with Crippen LogP contribution in [0.5, 0.6) is 11.5 Å². The number of benzene rings is 2. The van der Waals surface area contributed by atoms with Crippen molar-refractivity contribution in [2.75, 3.05) is 21.3 Å². The smallest absolute Gasteiger partial charge is 0.338 e. The zero-order valence-corrected chi connectivity index (χ0v) is 18.4. The summed E-state index contributed by atoms with van der Waals surface area (Å²) in [5.74, 6) is 0.869. The van der Waals surface area contributed by atoms with Crippen molar-refractivity contribution < 1.29 is 19.0 Å². The van der Waals surface area contributed by atoms with E-state index in [-0.39, 0.29) is 0 Å². The number of esters is 1. The monoisotopic (exact) mass is 439 g/mol. The largest absolute Gasteiger partial charge is 0.497 e. The molecule has 0 saturated heterocycles. The molecule has 0 N–H and O–H groups in total. The van der Waals surface area contributed by atoms with E-state index in [1.807, 2.05) is 59.0 Å². The van der Waals surface area contributed by atoms with E-state index in [0.29, 0.717) is 33.9 Å². The number of pyridine rings is 2. The number of aromatic nitrogens is 3. The summed E-state index contributed by atoms with van der Waals surface area (Å²) in [6, 6.07) is 17.2. The first kappa shape index (κ1) is 20.5. The van der Waals surface area contributed by atoms with Gasteiger partial charge in [0.25, 0.3) is 0 Å². The van der Waals surface area contributed by atoms with Gasteiger partial charge in [-0.3, -0.25) is 4.40 Å². The lowest BCUT2D eigenvalue weighted by molar-refractivity contribution is 0.0600. The Morgan fingerprint density at radius 3 is 2.48 bits per heavy atom. The molecule has 5 rings (SSSR count). The molecule has 0 radical (unpaired) electrons. The molecule has 3 heterocycles. The first-order valence-electron chi connectivity index (χ1n) is 10.3. The van der Waals surface area contributed by atoms with Crippen LogP contribution in [0.1, 0.15) is 21.6 Å². The predicted molar refractivity (Wildman–Crippen MR) is 128 cm³/mol. The van der Waals surface area contributed by atoms with Crippen LogP contribution in [-0.2, 0) is 4.74 Å². The molecule has 0 fully saturated rings. The Hall–Kier alpha value is -4.39. The van der Waals surface area contributed by atoms with Crippen LogP contribution >= 0.6 is 0 Å². The van der Waals surface area contributed by atoms with Gasteiger partial charge in [0.2, 0.25) is 0 Å². The van der Waals surface area contributed by atoms with Gasteiger partial charge in [0, 0.05) is 17.6 Å². The van der Waals surface area contributed by atoms with E-state index >= 15 is 0 Å². The van der Waals surface area contributed by atoms with Crippen LogP contribution in [0.3, 0.4) is 0 Å². The molecule has 164 valence electrons. The van der Waals surface area contributed by atoms with Crippen LogP contribution in [0.15, 0.2) is 60.8 Å². The van der Waals surface area contributed by atoms with Gasteiger partial charge >= 0.3 is 5.97 Å². The Labute approximate surface area is 189 Å². The molecular formula is C26H21N3O4. The van der Waals surface area contributed by atoms with Crippen molar-refractivity contribution in [1.82, 2.24) is 14.4 Å². The summed E-state index contributed by atoms with van der Waals surface area (Å²) in [7, 11) is 4.59. The highest BCUT2D eigenvalue weighted by Crippen LogP contribution is 2.37. The van der Waals surface area contributed by atoms with Gasteiger partial charge in [0.05, 0.1) is 38.0 Å². The fourth-order valence-corrected chi connectivity index (χ4v) is 3.91.